The normalized spacial score (nSPS) is 16.8. The molecule has 0 spiro atoms. The van der Waals surface area contributed by atoms with E-state index in [1.165, 1.54) is 37.6 Å². The van der Waals surface area contributed by atoms with Crippen LogP contribution < -0.4 is 19.1 Å². The van der Waals surface area contributed by atoms with Crippen molar-refractivity contribution < 1.29 is 28.9 Å². The maximum absolute atomic E-state index is 13.6. The summed E-state index contributed by atoms with van der Waals surface area (Å²) in [6.45, 7) is 3.95. The third-order valence-corrected chi connectivity index (χ3v) is 7.52. The lowest BCUT2D eigenvalue weighted by molar-refractivity contribution is -0.132. The highest BCUT2D eigenvalue weighted by atomic mass is 32.1. The molecule has 0 radical (unpaired) electrons. The second kappa shape index (κ2) is 9.83. The zero-order valence-corrected chi connectivity index (χ0v) is 22.4. The average molecular weight is 531 g/mol. The molecule has 38 heavy (non-hydrogen) atoms. The number of aromatic nitrogens is 1. The summed E-state index contributed by atoms with van der Waals surface area (Å²) in [5.74, 6) is -0.805. The van der Waals surface area contributed by atoms with Crippen LogP contribution >= 0.6 is 11.3 Å². The van der Waals surface area contributed by atoms with Crippen LogP contribution in [0, 0.1) is 13.8 Å². The van der Waals surface area contributed by atoms with Crippen LogP contribution in [0.3, 0.4) is 0 Å². The molecule has 1 fully saturated rings. The van der Waals surface area contributed by atoms with Gasteiger partial charge in [-0.1, -0.05) is 47.7 Å². The Kier molecular flexibility index (Phi) is 6.54. The molecule has 4 aromatic rings. The van der Waals surface area contributed by atoms with Crippen LogP contribution in [-0.2, 0) is 9.59 Å². The minimum atomic E-state index is -0.995. The smallest absolute Gasteiger partial charge is 0.301 e. The zero-order chi connectivity index (χ0) is 27.1. The monoisotopic (exact) mass is 530 g/mol. The molecular weight excluding hydrogens is 504 g/mol. The molecular formula is C29H26N2O6S. The first-order valence-corrected chi connectivity index (χ1v) is 12.6. The number of aliphatic hydroxyl groups excluding tert-OH is 1. The van der Waals surface area contributed by atoms with E-state index >= 15 is 0 Å². The molecule has 3 aromatic carbocycles. The number of hydrogen-bond acceptors (Lipinski definition) is 8. The molecule has 8 nitrogen and oxygen atoms in total. The van der Waals surface area contributed by atoms with E-state index in [1.54, 1.807) is 42.5 Å². The van der Waals surface area contributed by atoms with Gasteiger partial charge in [0.15, 0.2) is 16.6 Å². The van der Waals surface area contributed by atoms with Crippen LogP contribution in [0.2, 0.25) is 0 Å². The summed E-state index contributed by atoms with van der Waals surface area (Å²) in [7, 11) is 4.47. The fourth-order valence-electron chi connectivity index (χ4n) is 4.82. The molecule has 9 heteroatoms. The highest BCUT2D eigenvalue weighted by molar-refractivity contribution is 7.22. The number of rotatable bonds is 6. The quantitative estimate of drug-likeness (QED) is 0.198. The average Bonchev–Trinajstić information content (AvgIpc) is 3.46. The van der Waals surface area contributed by atoms with Gasteiger partial charge in [-0.25, -0.2) is 4.98 Å². The molecule has 2 heterocycles. The summed E-state index contributed by atoms with van der Waals surface area (Å²) in [5.41, 5.74) is 3.64. The van der Waals surface area contributed by atoms with E-state index < -0.39 is 17.7 Å². The number of carbonyl (C=O) groups excluding carboxylic acids is 2. The number of thiazole rings is 1. The summed E-state index contributed by atoms with van der Waals surface area (Å²) in [5, 5.41) is 11.7. The largest absolute Gasteiger partial charge is 0.507 e. The van der Waals surface area contributed by atoms with Crippen molar-refractivity contribution in [3.05, 3.63) is 82.4 Å². The number of aryl methyl sites for hydroxylation is 2. The van der Waals surface area contributed by atoms with E-state index in [0.29, 0.717) is 33.5 Å². The van der Waals surface area contributed by atoms with Crippen molar-refractivity contribution >= 4 is 44.1 Å². The van der Waals surface area contributed by atoms with Crippen LogP contribution in [0.5, 0.6) is 17.2 Å². The van der Waals surface area contributed by atoms with E-state index in [2.05, 4.69) is 0 Å². The Morgan fingerprint density at radius 3 is 2.21 bits per heavy atom. The lowest BCUT2D eigenvalue weighted by atomic mass is 9.95. The Balaban J connectivity index is 1.80. The van der Waals surface area contributed by atoms with Crippen molar-refractivity contribution in [3.8, 4) is 17.2 Å². The van der Waals surface area contributed by atoms with E-state index in [9.17, 15) is 14.7 Å². The Morgan fingerprint density at radius 1 is 0.947 bits per heavy atom. The van der Waals surface area contributed by atoms with Gasteiger partial charge >= 0.3 is 5.91 Å². The maximum atomic E-state index is 13.6. The number of Topliss-reactive ketones (excluding diaryl/α,β-unsaturated/α-hetero) is 1. The molecule has 0 saturated carbocycles. The van der Waals surface area contributed by atoms with E-state index in [1.807, 2.05) is 26.0 Å². The second-order valence-electron chi connectivity index (χ2n) is 8.92. The first kappa shape index (κ1) is 25.3. The van der Waals surface area contributed by atoms with E-state index in [0.717, 1.165) is 21.3 Å². The predicted molar refractivity (Wildman–Crippen MR) is 146 cm³/mol. The molecule has 1 aromatic heterocycles. The summed E-state index contributed by atoms with van der Waals surface area (Å²) < 4.78 is 17.5. The molecule has 194 valence electrons. The summed E-state index contributed by atoms with van der Waals surface area (Å²) >= 11 is 1.31. The van der Waals surface area contributed by atoms with Gasteiger partial charge < -0.3 is 19.3 Å². The number of methoxy groups -OCH3 is 3. The lowest BCUT2D eigenvalue weighted by Crippen LogP contribution is -2.29. The molecule has 1 atom stereocenters. The highest BCUT2D eigenvalue weighted by Gasteiger charge is 2.48. The van der Waals surface area contributed by atoms with Gasteiger partial charge in [-0.3, -0.25) is 14.5 Å². The first-order valence-electron chi connectivity index (χ1n) is 11.8. The molecule has 0 aliphatic carbocycles. The van der Waals surface area contributed by atoms with Crippen LogP contribution in [0.1, 0.15) is 28.3 Å². The van der Waals surface area contributed by atoms with Crippen molar-refractivity contribution in [2.24, 2.45) is 0 Å². The number of fused-ring (bicyclic) bond motifs is 1. The summed E-state index contributed by atoms with van der Waals surface area (Å²) in [4.78, 5) is 33.2. The van der Waals surface area contributed by atoms with Crippen LogP contribution in [-0.4, -0.2) is 43.1 Å². The predicted octanol–water partition coefficient (Wildman–Crippen LogP) is 5.57. The molecule has 0 unspecified atom stereocenters. The summed E-state index contributed by atoms with van der Waals surface area (Å²) in [6, 6.07) is 15.0. The van der Waals surface area contributed by atoms with Crippen molar-refractivity contribution in [1.82, 2.24) is 4.98 Å². The SMILES string of the molecule is COc1cc([C@H]2/C(=C(\O)c3ccccc3)C(=O)C(=O)N2c2nc3c(C)cc(C)cc3s2)cc(OC)c1OC. The van der Waals surface area contributed by atoms with Crippen LogP contribution in [0.4, 0.5) is 5.13 Å². The summed E-state index contributed by atoms with van der Waals surface area (Å²) in [6.07, 6.45) is 0. The van der Waals surface area contributed by atoms with Crippen LogP contribution in [0.25, 0.3) is 16.0 Å². The highest BCUT2D eigenvalue weighted by Crippen LogP contribution is 2.48. The van der Waals surface area contributed by atoms with Crippen molar-refractivity contribution in [3.63, 3.8) is 0 Å². The van der Waals surface area contributed by atoms with E-state index in [-0.39, 0.29) is 11.3 Å². The molecule has 1 aliphatic heterocycles. The van der Waals surface area contributed by atoms with E-state index in [4.69, 9.17) is 19.2 Å². The van der Waals surface area contributed by atoms with Gasteiger partial charge in [-0.2, -0.15) is 0 Å². The number of nitrogens with zero attached hydrogens (tertiary/aromatic N) is 2. The maximum Gasteiger partial charge on any atom is 0.301 e. The Labute approximate surface area is 223 Å². The number of carbonyl (C=O) groups is 2. The van der Waals surface area contributed by atoms with Gasteiger partial charge in [0.25, 0.3) is 5.78 Å². The third-order valence-electron chi connectivity index (χ3n) is 6.52. The second-order valence-corrected chi connectivity index (χ2v) is 9.93. The van der Waals surface area contributed by atoms with Gasteiger partial charge in [0.05, 0.1) is 43.2 Å². The fraction of sp³-hybridized carbons (Fsp3) is 0.207. The Bertz CT molecular complexity index is 1580. The number of aliphatic hydroxyl groups is 1. The van der Waals surface area contributed by atoms with Crippen LogP contribution in [0.15, 0.2) is 60.2 Å². The molecule has 5 rings (SSSR count). The standard InChI is InChI=1S/C29H26N2O6S/c1-15-11-16(2)23-21(12-15)38-29(30-23)31-24(18-13-19(35-3)27(37-5)20(14-18)36-4)22(26(33)28(31)34)25(32)17-9-7-6-8-10-17/h6-14,24,32H,1-5H3/b25-22+/t24-/m0/s1. The molecule has 1 saturated heterocycles. The lowest BCUT2D eigenvalue weighted by Gasteiger charge is -2.24. The first-order chi connectivity index (χ1) is 18.3. The molecule has 1 aliphatic rings. The van der Waals surface area contributed by atoms with Gasteiger partial charge in [0.2, 0.25) is 5.75 Å². The van der Waals surface area contributed by atoms with Gasteiger partial charge in [-0.05, 0) is 48.7 Å². The number of benzene rings is 3. The topological polar surface area (TPSA) is 98.2 Å². The number of hydrogen-bond donors (Lipinski definition) is 1. The minimum absolute atomic E-state index is 0.0531. The third kappa shape index (κ3) is 4.05. The van der Waals surface area contributed by atoms with Crippen molar-refractivity contribution in [1.29, 1.82) is 0 Å². The minimum Gasteiger partial charge on any atom is -0.507 e. The molecule has 1 N–H and O–H groups in total. The van der Waals surface area contributed by atoms with Crippen molar-refractivity contribution in [2.75, 3.05) is 26.2 Å². The van der Waals surface area contributed by atoms with Gasteiger partial charge in [0.1, 0.15) is 5.76 Å². The van der Waals surface area contributed by atoms with Gasteiger partial charge in [0, 0.05) is 5.56 Å². The number of ketones is 1. The molecule has 0 bridgehead atoms. The zero-order valence-electron chi connectivity index (χ0n) is 21.6. The Morgan fingerprint density at radius 2 is 1.61 bits per heavy atom. The number of ether oxygens (including phenoxy) is 3. The Hall–Kier alpha value is -4.37. The van der Waals surface area contributed by atoms with Crippen molar-refractivity contribution in [2.45, 2.75) is 19.9 Å². The number of amides is 1. The number of anilines is 1. The molecule has 1 amide bonds. The fourth-order valence-corrected chi connectivity index (χ4v) is 5.99. The van der Waals surface area contributed by atoms with Gasteiger partial charge in [-0.15, -0.1) is 0 Å².